The largest absolute Gasteiger partial charge is 0.462 e. The molecule has 0 aliphatic rings. The van der Waals surface area contributed by atoms with Gasteiger partial charge in [-0.15, -0.1) is 0 Å². The fourth-order valence-corrected chi connectivity index (χ4v) is 2.42. The van der Waals surface area contributed by atoms with Crippen molar-refractivity contribution < 1.29 is 33.6 Å². The summed E-state index contributed by atoms with van der Waals surface area (Å²) in [6.45, 7) is 1.41. The number of nitrogens with one attached hydrogen (secondary N) is 2. The van der Waals surface area contributed by atoms with E-state index >= 15 is 0 Å². The molecule has 32 heavy (non-hydrogen) atoms. The zero-order valence-electron chi connectivity index (χ0n) is 17.2. The maximum Gasteiger partial charge on any atom is 0.338 e. The lowest BCUT2D eigenvalue weighted by Gasteiger charge is -2.08. The number of carbonyl (C=O) groups excluding carboxylic acids is 4. The number of anilines is 2. The van der Waals surface area contributed by atoms with Gasteiger partial charge in [0, 0.05) is 29.9 Å². The molecule has 0 heterocycles. The number of benzene rings is 2. The number of carbonyl (C=O) groups is 4. The van der Waals surface area contributed by atoms with Crippen molar-refractivity contribution >= 4 is 40.8 Å². The van der Waals surface area contributed by atoms with Gasteiger partial charge in [-0.05, 0) is 43.3 Å². The van der Waals surface area contributed by atoms with Crippen molar-refractivity contribution in [1.82, 2.24) is 0 Å². The van der Waals surface area contributed by atoms with E-state index in [4.69, 9.17) is 9.47 Å². The van der Waals surface area contributed by atoms with E-state index in [-0.39, 0.29) is 25.1 Å². The quantitative estimate of drug-likeness (QED) is 0.323. The number of non-ortho nitro benzene ring substituents is 1. The van der Waals surface area contributed by atoms with E-state index in [1.165, 1.54) is 48.5 Å². The predicted octanol–water partition coefficient (Wildman–Crippen LogP) is 2.67. The second-order valence-corrected chi connectivity index (χ2v) is 6.36. The summed E-state index contributed by atoms with van der Waals surface area (Å²) in [6.07, 6.45) is -0.437. The molecule has 2 rings (SSSR count). The van der Waals surface area contributed by atoms with Crippen LogP contribution in [0, 0.1) is 10.1 Å². The van der Waals surface area contributed by atoms with Gasteiger partial charge in [0.15, 0.2) is 6.61 Å². The molecule has 0 atom stereocenters. The minimum atomic E-state index is -0.739. The summed E-state index contributed by atoms with van der Waals surface area (Å²) in [7, 11) is 0. The van der Waals surface area contributed by atoms with Crippen molar-refractivity contribution in [2.75, 3.05) is 23.8 Å². The molecule has 2 N–H and O–H groups in total. The summed E-state index contributed by atoms with van der Waals surface area (Å²) in [5, 5.41) is 15.6. The van der Waals surface area contributed by atoms with Gasteiger partial charge in [0.2, 0.25) is 5.91 Å². The standard InChI is InChI=1S/C21H21N3O8/c1-2-31-21(28)14-3-5-15(6-4-14)23-19(26)13-32-20(27)12-11-18(25)22-16-7-9-17(10-8-16)24(29)30/h3-10H,2,11-13H2,1H3,(H,22,25)(H,23,26). The molecule has 0 unspecified atom stereocenters. The SMILES string of the molecule is CCOC(=O)c1ccc(NC(=O)COC(=O)CCC(=O)Nc2ccc([N+](=O)[O-])cc2)cc1. The summed E-state index contributed by atoms with van der Waals surface area (Å²) in [4.78, 5) is 57.1. The van der Waals surface area contributed by atoms with Crippen molar-refractivity contribution in [3.8, 4) is 0 Å². The van der Waals surface area contributed by atoms with Gasteiger partial charge in [-0.2, -0.15) is 0 Å². The van der Waals surface area contributed by atoms with E-state index in [2.05, 4.69) is 10.6 Å². The zero-order chi connectivity index (χ0) is 23.5. The van der Waals surface area contributed by atoms with Crippen molar-refractivity contribution in [1.29, 1.82) is 0 Å². The second kappa shape index (κ2) is 11.8. The Morgan fingerprint density at radius 2 is 1.41 bits per heavy atom. The highest BCUT2D eigenvalue weighted by molar-refractivity contribution is 5.95. The molecule has 0 fully saturated rings. The van der Waals surface area contributed by atoms with E-state index in [1.807, 2.05) is 0 Å². The third-order valence-electron chi connectivity index (χ3n) is 3.96. The van der Waals surface area contributed by atoms with E-state index in [0.717, 1.165) is 0 Å². The Balaban J connectivity index is 1.69. The van der Waals surface area contributed by atoms with E-state index in [9.17, 15) is 29.3 Å². The van der Waals surface area contributed by atoms with Crippen LogP contribution in [0.5, 0.6) is 0 Å². The predicted molar refractivity (Wildman–Crippen MR) is 113 cm³/mol. The zero-order valence-corrected chi connectivity index (χ0v) is 17.2. The van der Waals surface area contributed by atoms with Crippen molar-refractivity contribution in [3.63, 3.8) is 0 Å². The first-order chi connectivity index (χ1) is 15.3. The lowest BCUT2D eigenvalue weighted by atomic mass is 10.2. The number of esters is 2. The van der Waals surface area contributed by atoms with Crippen LogP contribution in [0.3, 0.4) is 0 Å². The molecule has 0 saturated heterocycles. The van der Waals surface area contributed by atoms with Crippen molar-refractivity contribution in [2.24, 2.45) is 0 Å². The molecule has 0 saturated carbocycles. The number of hydrogen-bond donors (Lipinski definition) is 2. The highest BCUT2D eigenvalue weighted by Gasteiger charge is 2.12. The molecule has 11 heteroatoms. The maximum absolute atomic E-state index is 11.9. The van der Waals surface area contributed by atoms with E-state index in [1.54, 1.807) is 6.92 Å². The van der Waals surface area contributed by atoms with Crippen LogP contribution in [0.4, 0.5) is 17.1 Å². The first-order valence-corrected chi connectivity index (χ1v) is 9.55. The van der Waals surface area contributed by atoms with Crippen LogP contribution in [-0.2, 0) is 23.9 Å². The molecule has 2 amide bonds. The molecule has 0 aliphatic carbocycles. The Kier molecular flexibility index (Phi) is 8.84. The third-order valence-corrected chi connectivity index (χ3v) is 3.96. The number of ether oxygens (including phenoxy) is 2. The highest BCUT2D eigenvalue weighted by atomic mass is 16.6. The number of hydrogen-bond acceptors (Lipinski definition) is 8. The number of nitrogens with zero attached hydrogens (tertiary/aromatic N) is 1. The van der Waals surface area contributed by atoms with Gasteiger partial charge in [0.1, 0.15) is 0 Å². The Bertz CT molecular complexity index is 987. The minimum Gasteiger partial charge on any atom is -0.462 e. The molecule has 11 nitrogen and oxygen atoms in total. The van der Waals surface area contributed by atoms with Crippen LogP contribution in [-0.4, -0.2) is 41.9 Å². The molecular formula is C21H21N3O8. The van der Waals surface area contributed by atoms with Crippen LogP contribution in [0.25, 0.3) is 0 Å². The van der Waals surface area contributed by atoms with Crippen molar-refractivity contribution in [2.45, 2.75) is 19.8 Å². The normalized spacial score (nSPS) is 10.0. The van der Waals surface area contributed by atoms with Gasteiger partial charge >= 0.3 is 11.9 Å². The monoisotopic (exact) mass is 443 g/mol. The summed E-state index contributed by atoms with van der Waals surface area (Å²) >= 11 is 0. The number of nitro groups is 1. The summed E-state index contributed by atoms with van der Waals surface area (Å²) < 4.78 is 9.70. The highest BCUT2D eigenvalue weighted by Crippen LogP contribution is 2.15. The van der Waals surface area contributed by atoms with Crippen LogP contribution in [0.1, 0.15) is 30.1 Å². The van der Waals surface area contributed by atoms with Crippen LogP contribution in [0.2, 0.25) is 0 Å². The van der Waals surface area contributed by atoms with Crippen molar-refractivity contribution in [3.05, 3.63) is 64.2 Å². The van der Waals surface area contributed by atoms with Gasteiger partial charge in [-0.3, -0.25) is 24.5 Å². The Labute approximate surface area is 182 Å². The Morgan fingerprint density at radius 3 is 1.97 bits per heavy atom. The molecule has 2 aromatic rings. The molecule has 0 bridgehead atoms. The summed E-state index contributed by atoms with van der Waals surface area (Å²) in [5.74, 6) is -2.28. The molecule has 0 spiro atoms. The van der Waals surface area contributed by atoms with E-state index in [0.29, 0.717) is 16.9 Å². The number of rotatable bonds is 10. The number of amides is 2. The van der Waals surface area contributed by atoms with Crippen LogP contribution in [0.15, 0.2) is 48.5 Å². The number of nitro benzene ring substituents is 1. The summed E-state index contributed by atoms with van der Waals surface area (Å²) in [6, 6.07) is 11.2. The fourth-order valence-electron chi connectivity index (χ4n) is 2.42. The van der Waals surface area contributed by atoms with Crippen LogP contribution >= 0.6 is 0 Å². The average molecular weight is 443 g/mol. The van der Waals surface area contributed by atoms with Crippen LogP contribution < -0.4 is 10.6 Å². The van der Waals surface area contributed by atoms with Gasteiger partial charge in [-0.25, -0.2) is 4.79 Å². The first kappa shape index (κ1) is 24.0. The first-order valence-electron chi connectivity index (χ1n) is 9.55. The molecule has 0 aromatic heterocycles. The lowest BCUT2D eigenvalue weighted by molar-refractivity contribution is -0.384. The van der Waals surface area contributed by atoms with Gasteiger partial charge in [0.25, 0.3) is 11.6 Å². The average Bonchev–Trinajstić information content (AvgIpc) is 2.77. The van der Waals surface area contributed by atoms with Gasteiger partial charge in [-0.1, -0.05) is 0 Å². The lowest BCUT2D eigenvalue weighted by Crippen LogP contribution is -2.21. The molecule has 2 aromatic carbocycles. The third kappa shape index (κ3) is 7.86. The van der Waals surface area contributed by atoms with E-state index < -0.39 is 35.3 Å². The Morgan fingerprint density at radius 1 is 0.844 bits per heavy atom. The molecular weight excluding hydrogens is 422 g/mol. The molecule has 168 valence electrons. The maximum atomic E-state index is 11.9. The van der Waals surface area contributed by atoms with Gasteiger partial charge < -0.3 is 20.1 Å². The summed E-state index contributed by atoms with van der Waals surface area (Å²) in [5.41, 5.74) is 0.979. The topological polar surface area (TPSA) is 154 Å². The smallest absolute Gasteiger partial charge is 0.338 e. The fraction of sp³-hybridized carbons (Fsp3) is 0.238. The molecule has 0 radical (unpaired) electrons. The second-order valence-electron chi connectivity index (χ2n) is 6.36. The Hall–Kier alpha value is -4.28. The van der Waals surface area contributed by atoms with Gasteiger partial charge in [0.05, 0.1) is 23.5 Å². The molecule has 0 aliphatic heterocycles. The minimum absolute atomic E-state index is 0.111.